The van der Waals surface area contributed by atoms with Gasteiger partial charge in [-0.15, -0.1) is 11.3 Å². The molecule has 0 aliphatic carbocycles. The summed E-state index contributed by atoms with van der Waals surface area (Å²) < 4.78 is 26.4. The van der Waals surface area contributed by atoms with E-state index in [0.717, 1.165) is 22.3 Å². The summed E-state index contributed by atoms with van der Waals surface area (Å²) in [7, 11) is -1.54. The molecule has 1 aromatic rings. The second-order valence-corrected chi connectivity index (χ2v) is 8.57. The maximum absolute atomic E-state index is 12.0. The summed E-state index contributed by atoms with van der Waals surface area (Å²) in [6, 6.07) is 1.95. The fraction of sp³-hybridized carbons (Fsp3) is 0.636. The van der Waals surface area contributed by atoms with Crippen molar-refractivity contribution in [2.75, 3.05) is 25.9 Å². The van der Waals surface area contributed by atoms with E-state index in [-0.39, 0.29) is 5.75 Å². The van der Waals surface area contributed by atoms with Crippen LogP contribution in [0.2, 0.25) is 0 Å². The van der Waals surface area contributed by atoms with Crippen molar-refractivity contribution >= 4 is 37.3 Å². The number of sulfonamides is 1. The maximum Gasteiger partial charge on any atom is 0.215 e. The zero-order valence-corrected chi connectivity index (χ0v) is 13.9. The van der Waals surface area contributed by atoms with Crippen molar-refractivity contribution in [3.63, 3.8) is 0 Å². The van der Waals surface area contributed by atoms with E-state index in [1.165, 1.54) is 4.31 Å². The number of nitrogens with one attached hydrogen (secondary N) is 1. The molecule has 0 aliphatic heterocycles. The Morgan fingerprint density at radius 1 is 1.44 bits per heavy atom. The molecule has 0 atom stereocenters. The molecule has 0 aliphatic rings. The summed E-state index contributed by atoms with van der Waals surface area (Å²) in [5.41, 5.74) is 1.01. The molecule has 1 aromatic heterocycles. The molecule has 4 nitrogen and oxygen atoms in total. The Morgan fingerprint density at radius 3 is 2.72 bits per heavy atom. The quantitative estimate of drug-likeness (QED) is 0.728. The van der Waals surface area contributed by atoms with Gasteiger partial charge in [0.15, 0.2) is 0 Å². The van der Waals surface area contributed by atoms with Crippen LogP contribution in [0.15, 0.2) is 15.2 Å². The van der Waals surface area contributed by atoms with Crippen LogP contribution >= 0.6 is 27.3 Å². The molecule has 104 valence electrons. The first-order valence-electron chi connectivity index (χ1n) is 5.83. The van der Waals surface area contributed by atoms with Crippen LogP contribution in [0.1, 0.15) is 18.9 Å². The van der Waals surface area contributed by atoms with E-state index < -0.39 is 10.0 Å². The minimum atomic E-state index is -3.17. The molecule has 0 saturated carbocycles. The van der Waals surface area contributed by atoms with Crippen LogP contribution in [0.4, 0.5) is 0 Å². The first kappa shape index (κ1) is 16.1. The molecule has 1 N–H and O–H groups in total. The number of hydrogen-bond acceptors (Lipinski definition) is 4. The molecular formula is C11H19BrN2O2S2. The summed E-state index contributed by atoms with van der Waals surface area (Å²) in [6.45, 7) is 3.85. The Kier molecular flexibility index (Phi) is 6.79. The lowest BCUT2D eigenvalue weighted by Gasteiger charge is -2.16. The van der Waals surface area contributed by atoms with Gasteiger partial charge in [-0.25, -0.2) is 12.7 Å². The molecule has 7 heteroatoms. The zero-order chi connectivity index (χ0) is 13.6. The van der Waals surface area contributed by atoms with Crippen LogP contribution in [0.5, 0.6) is 0 Å². The molecule has 0 aromatic carbocycles. The van der Waals surface area contributed by atoms with Gasteiger partial charge >= 0.3 is 0 Å². The van der Waals surface area contributed by atoms with Crippen molar-refractivity contribution in [3.05, 3.63) is 20.8 Å². The SMILES string of the molecule is CCCNCCS(=O)(=O)N(C)Cc1csc(Br)c1. The molecular weight excluding hydrogens is 336 g/mol. The van der Waals surface area contributed by atoms with Gasteiger partial charge in [0.25, 0.3) is 0 Å². The first-order valence-corrected chi connectivity index (χ1v) is 9.11. The van der Waals surface area contributed by atoms with Crippen molar-refractivity contribution in [1.29, 1.82) is 0 Å². The Morgan fingerprint density at radius 2 is 2.17 bits per heavy atom. The van der Waals surface area contributed by atoms with Gasteiger partial charge in [0.1, 0.15) is 0 Å². The van der Waals surface area contributed by atoms with Crippen LogP contribution < -0.4 is 5.32 Å². The summed E-state index contributed by atoms with van der Waals surface area (Å²) in [5.74, 6) is 0.148. The monoisotopic (exact) mass is 354 g/mol. The van der Waals surface area contributed by atoms with Crippen LogP contribution in [0, 0.1) is 0 Å². The Balaban J connectivity index is 2.46. The lowest BCUT2D eigenvalue weighted by Crippen LogP contribution is -2.33. The molecule has 18 heavy (non-hydrogen) atoms. The Labute approximate surface area is 122 Å². The third kappa shape index (κ3) is 5.36. The predicted octanol–water partition coefficient (Wildman–Crippen LogP) is 2.27. The van der Waals surface area contributed by atoms with Crippen molar-refractivity contribution in [3.8, 4) is 0 Å². The van der Waals surface area contributed by atoms with Gasteiger partial charge in [0, 0.05) is 20.1 Å². The molecule has 1 heterocycles. The number of hydrogen-bond donors (Lipinski definition) is 1. The van der Waals surface area contributed by atoms with Gasteiger partial charge in [0.05, 0.1) is 9.54 Å². The fourth-order valence-corrected chi connectivity index (χ4v) is 3.70. The maximum atomic E-state index is 12.0. The van der Waals surface area contributed by atoms with E-state index in [1.807, 2.05) is 11.4 Å². The number of rotatable bonds is 8. The Hall–Kier alpha value is 0.0500. The van der Waals surface area contributed by atoms with Crippen molar-refractivity contribution < 1.29 is 8.42 Å². The number of halogens is 1. The van der Waals surface area contributed by atoms with Crippen LogP contribution in [0.3, 0.4) is 0 Å². The molecule has 0 unspecified atom stereocenters. The second kappa shape index (κ2) is 7.59. The highest BCUT2D eigenvalue weighted by Gasteiger charge is 2.17. The third-order valence-corrected chi connectivity index (χ3v) is 5.82. The van der Waals surface area contributed by atoms with Crippen LogP contribution in [-0.2, 0) is 16.6 Å². The molecule has 1 rings (SSSR count). The average Bonchev–Trinajstić information content (AvgIpc) is 2.70. The number of thiophene rings is 1. The van der Waals surface area contributed by atoms with Crippen LogP contribution in [-0.4, -0.2) is 38.6 Å². The van der Waals surface area contributed by atoms with Gasteiger partial charge in [0.2, 0.25) is 10.0 Å². The van der Waals surface area contributed by atoms with E-state index >= 15 is 0 Å². The Bertz CT molecular complexity index is 459. The van der Waals surface area contributed by atoms with E-state index in [4.69, 9.17) is 0 Å². The highest BCUT2D eigenvalue weighted by atomic mass is 79.9. The van der Waals surface area contributed by atoms with Crippen molar-refractivity contribution in [2.45, 2.75) is 19.9 Å². The molecule has 0 radical (unpaired) electrons. The summed E-state index contributed by atoms with van der Waals surface area (Å²) in [5, 5.41) is 5.07. The lowest BCUT2D eigenvalue weighted by molar-refractivity contribution is 0.465. The normalized spacial score (nSPS) is 12.2. The molecule has 0 amide bonds. The van der Waals surface area contributed by atoms with E-state index in [2.05, 4.69) is 28.2 Å². The highest BCUT2D eigenvalue weighted by Crippen LogP contribution is 2.22. The smallest absolute Gasteiger partial charge is 0.215 e. The van der Waals surface area contributed by atoms with E-state index in [9.17, 15) is 8.42 Å². The standard InChI is InChI=1S/C11H19BrN2O2S2/c1-3-4-13-5-6-18(15,16)14(2)8-10-7-11(12)17-9-10/h7,9,13H,3-6,8H2,1-2H3. The third-order valence-electron chi connectivity index (χ3n) is 2.47. The second-order valence-electron chi connectivity index (χ2n) is 4.08. The first-order chi connectivity index (χ1) is 8.45. The minimum absolute atomic E-state index is 0.148. The zero-order valence-electron chi connectivity index (χ0n) is 10.6. The highest BCUT2D eigenvalue weighted by molar-refractivity contribution is 9.11. The largest absolute Gasteiger partial charge is 0.316 e. The lowest BCUT2D eigenvalue weighted by atomic mass is 10.3. The average molecular weight is 355 g/mol. The van der Waals surface area contributed by atoms with Gasteiger partial charge in [-0.05, 0) is 45.9 Å². The molecule has 0 saturated heterocycles. The molecule has 0 spiro atoms. The van der Waals surface area contributed by atoms with Crippen LogP contribution in [0.25, 0.3) is 0 Å². The summed E-state index contributed by atoms with van der Waals surface area (Å²) >= 11 is 4.94. The number of nitrogens with zero attached hydrogens (tertiary/aromatic N) is 1. The van der Waals surface area contributed by atoms with Gasteiger partial charge in [-0.3, -0.25) is 0 Å². The topological polar surface area (TPSA) is 49.4 Å². The van der Waals surface area contributed by atoms with Gasteiger partial charge in [-0.2, -0.15) is 0 Å². The summed E-state index contributed by atoms with van der Waals surface area (Å²) in [6.07, 6.45) is 1.01. The fourth-order valence-electron chi connectivity index (χ4n) is 1.44. The summed E-state index contributed by atoms with van der Waals surface area (Å²) in [4.78, 5) is 0. The molecule has 0 fully saturated rings. The van der Waals surface area contributed by atoms with E-state index in [1.54, 1.807) is 18.4 Å². The van der Waals surface area contributed by atoms with Gasteiger partial charge < -0.3 is 5.32 Å². The predicted molar refractivity (Wildman–Crippen MR) is 80.4 cm³/mol. The van der Waals surface area contributed by atoms with Crippen molar-refractivity contribution in [1.82, 2.24) is 9.62 Å². The van der Waals surface area contributed by atoms with Crippen molar-refractivity contribution in [2.24, 2.45) is 0 Å². The minimum Gasteiger partial charge on any atom is -0.316 e. The van der Waals surface area contributed by atoms with Gasteiger partial charge in [-0.1, -0.05) is 6.92 Å². The van der Waals surface area contributed by atoms with E-state index in [0.29, 0.717) is 13.1 Å². The molecule has 0 bridgehead atoms.